The summed E-state index contributed by atoms with van der Waals surface area (Å²) >= 11 is 0. The first kappa shape index (κ1) is 15.8. The predicted octanol–water partition coefficient (Wildman–Crippen LogP) is 3.29. The van der Waals surface area contributed by atoms with E-state index in [-0.39, 0.29) is 11.7 Å². The number of carbonyl (C=O) groups excluding carboxylic acids is 1. The number of H-pyrrole nitrogens is 1. The minimum Gasteiger partial charge on any atom is -0.354 e. The highest BCUT2D eigenvalue weighted by molar-refractivity contribution is 6.11. The number of nitrogens with one attached hydrogen (secondary N) is 3. The second kappa shape index (κ2) is 6.01. The lowest BCUT2D eigenvalue weighted by Gasteiger charge is -2.07. The first-order valence-corrected chi connectivity index (χ1v) is 8.46. The van der Waals surface area contributed by atoms with E-state index in [9.17, 15) is 9.18 Å². The summed E-state index contributed by atoms with van der Waals surface area (Å²) in [7, 11) is 1.92. The average molecular weight is 337 g/mol. The summed E-state index contributed by atoms with van der Waals surface area (Å²) in [6.45, 7) is 3.02. The van der Waals surface area contributed by atoms with Gasteiger partial charge in [-0.15, -0.1) is 0 Å². The van der Waals surface area contributed by atoms with Crippen molar-refractivity contribution in [2.24, 2.45) is 0 Å². The summed E-state index contributed by atoms with van der Waals surface area (Å²) < 4.78 is 14.3. The van der Waals surface area contributed by atoms with Gasteiger partial charge in [0, 0.05) is 29.7 Å². The summed E-state index contributed by atoms with van der Waals surface area (Å²) in [5.74, 6) is -0.557. The SMILES string of the molecule is CNCc1ccc(-c2[nH]c3cc(F)c(C)c4c3c2CCNC4=O)cc1. The topological polar surface area (TPSA) is 56.9 Å². The van der Waals surface area contributed by atoms with Crippen molar-refractivity contribution in [2.75, 3.05) is 13.6 Å². The number of hydrogen-bond donors (Lipinski definition) is 3. The number of aromatic nitrogens is 1. The van der Waals surface area contributed by atoms with Crippen LogP contribution < -0.4 is 10.6 Å². The molecule has 1 amide bonds. The molecule has 4 rings (SSSR count). The largest absolute Gasteiger partial charge is 0.354 e. The molecule has 0 saturated heterocycles. The first-order valence-electron chi connectivity index (χ1n) is 8.46. The maximum absolute atomic E-state index is 14.3. The van der Waals surface area contributed by atoms with Crippen molar-refractivity contribution in [1.29, 1.82) is 0 Å². The molecule has 0 saturated carbocycles. The van der Waals surface area contributed by atoms with E-state index in [0.717, 1.165) is 35.2 Å². The van der Waals surface area contributed by atoms with Gasteiger partial charge in [-0.2, -0.15) is 0 Å². The van der Waals surface area contributed by atoms with Crippen molar-refractivity contribution in [3.63, 3.8) is 0 Å². The zero-order chi connectivity index (χ0) is 17.6. The van der Waals surface area contributed by atoms with Crippen LogP contribution in [0.5, 0.6) is 0 Å². The maximum atomic E-state index is 14.3. The van der Waals surface area contributed by atoms with Crippen LogP contribution in [0.2, 0.25) is 0 Å². The Balaban J connectivity index is 1.95. The van der Waals surface area contributed by atoms with Crippen molar-refractivity contribution in [3.8, 4) is 11.3 Å². The van der Waals surface area contributed by atoms with E-state index in [0.29, 0.717) is 23.2 Å². The van der Waals surface area contributed by atoms with E-state index in [1.165, 1.54) is 11.6 Å². The van der Waals surface area contributed by atoms with Gasteiger partial charge in [0.15, 0.2) is 0 Å². The molecule has 25 heavy (non-hydrogen) atoms. The number of halogens is 1. The molecule has 1 aromatic heterocycles. The number of amides is 1. The molecule has 0 bridgehead atoms. The van der Waals surface area contributed by atoms with Gasteiger partial charge in [-0.05, 0) is 48.7 Å². The summed E-state index contributed by atoms with van der Waals surface area (Å²) in [5, 5.41) is 6.87. The molecule has 0 fully saturated rings. The molecule has 4 nitrogen and oxygen atoms in total. The van der Waals surface area contributed by atoms with Crippen LogP contribution in [0.1, 0.15) is 27.0 Å². The first-order chi connectivity index (χ1) is 12.1. The third-order valence-corrected chi connectivity index (χ3v) is 4.90. The van der Waals surface area contributed by atoms with E-state index < -0.39 is 0 Å². The Bertz CT molecular complexity index is 973. The van der Waals surface area contributed by atoms with Gasteiger partial charge in [0.05, 0.1) is 5.56 Å². The van der Waals surface area contributed by atoms with Gasteiger partial charge in [-0.3, -0.25) is 4.79 Å². The average Bonchev–Trinajstić information content (AvgIpc) is 2.85. The fourth-order valence-corrected chi connectivity index (χ4v) is 3.66. The van der Waals surface area contributed by atoms with E-state index in [1.54, 1.807) is 6.92 Å². The molecule has 3 N–H and O–H groups in total. The summed E-state index contributed by atoms with van der Waals surface area (Å²) in [6, 6.07) is 9.79. The zero-order valence-electron chi connectivity index (χ0n) is 14.3. The third-order valence-electron chi connectivity index (χ3n) is 4.90. The fraction of sp³-hybridized carbons (Fsp3) is 0.250. The van der Waals surface area contributed by atoms with Crippen molar-refractivity contribution in [2.45, 2.75) is 19.9 Å². The predicted molar refractivity (Wildman–Crippen MR) is 97.2 cm³/mol. The molecule has 5 heteroatoms. The Hall–Kier alpha value is -2.66. The van der Waals surface area contributed by atoms with Gasteiger partial charge in [0.25, 0.3) is 5.91 Å². The molecule has 0 radical (unpaired) electrons. The van der Waals surface area contributed by atoms with Crippen LogP contribution >= 0.6 is 0 Å². The molecule has 0 aliphatic carbocycles. The van der Waals surface area contributed by atoms with Gasteiger partial charge in [0.1, 0.15) is 5.82 Å². The standard InChI is InChI=1S/C20H20FN3O/c1-11-15(21)9-16-18-14(7-8-23-20(25)17(11)18)19(24-16)13-5-3-12(4-6-13)10-22-2/h3-6,9,22,24H,7-8,10H2,1-2H3,(H,23,25). The highest BCUT2D eigenvalue weighted by atomic mass is 19.1. The number of benzene rings is 2. The van der Waals surface area contributed by atoms with Gasteiger partial charge < -0.3 is 15.6 Å². The Morgan fingerprint density at radius 1 is 1.24 bits per heavy atom. The third kappa shape index (κ3) is 2.51. The van der Waals surface area contributed by atoms with Crippen molar-refractivity contribution in [1.82, 2.24) is 15.6 Å². The van der Waals surface area contributed by atoms with E-state index in [4.69, 9.17) is 0 Å². The summed E-state index contributed by atoms with van der Waals surface area (Å²) in [5.41, 5.74) is 5.83. The number of rotatable bonds is 3. The lowest BCUT2D eigenvalue weighted by Crippen LogP contribution is -2.24. The van der Waals surface area contributed by atoms with Crippen molar-refractivity contribution in [3.05, 3.63) is 58.4 Å². The zero-order valence-corrected chi connectivity index (χ0v) is 14.3. The monoisotopic (exact) mass is 337 g/mol. The summed E-state index contributed by atoms with van der Waals surface area (Å²) in [6.07, 6.45) is 0.720. The minimum atomic E-state index is -0.358. The second-order valence-corrected chi connectivity index (χ2v) is 6.49. The van der Waals surface area contributed by atoms with E-state index in [2.05, 4.69) is 39.9 Å². The minimum absolute atomic E-state index is 0.198. The smallest absolute Gasteiger partial charge is 0.252 e. The van der Waals surface area contributed by atoms with Crippen LogP contribution in [0.15, 0.2) is 30.3 Å². The molecule has 0 atom stereocenters. The summed E-state index contributed by atoms with van der Waals surface area (Å²) in [4.78, 5) is 15.8. The van der Waals surface area contributed by atoms with Crippen LogP contribution in [0.3, 0.4) is 0 Å². The van der Waals surface area contributed by atoms with Crippen LogP contribution in [-0.2, 0) is 13.0 Å². The van der Waals surface area contributed by atoms with Crippen LogP contribution in [0.4, 0.5) is 4.39 Å². The van der Waals surface area contributed by atoms with Crippen molar-refractivity contribution < 1.29 is 9.18 Å². The van der Waals surface area contributed by atoms with E-state index in [1.807, 2.05) is 7.05 Å². The molecule has 0 spiro atoms. The fourth-order valence-electron chi connectivity index (χ4n) is 3.66. The lowest BCUT2D eigenvalue weighted by molar-refractivity contribution is 0.0956. The Kier molecular flexibility index (Phi) is 3.81. The molecule has 2 aromatic carbocycles. The molecule has 0 unspecified atom stereocenters. The second-order valence-electron chi connectivity index (χ2n) is 6.49. The van der Waals surface area contributed by atoms with Crippen molar-refractivity contribution >= 4 is 16.8 Å². The molecule has 3 aromatic rings. The molecular formula is C20H20FN3O. The Labute approximate surface area is 145 Å². The maximum Gasteiger partial charge on any atom is 0.252 e. The van der Waals surface area contributed by atoms with Gasteiger partial charge in [0.2, 0.25) is 0 Å². The molecule has 2 heterocycles. The highest BCUT2D eigenvalue weighted by Gasteiger charge is 2.25. The van der Waals surface area contributed by atoms with Crippen LogP contribution in [0.25, 0.3) is 22.2 Å². The van der Waals surface area contributed by atoms with Crippen LogP contribution in [0, 0.1) is 12.7 Å². The molecule has 128 valence electrons. The van der Waals surface area contributed by atoms with Crippen LogP contribution in [-0.4, -0.2) is 24.5 Å². The molecule has 1 aliphatic rings. The normalized spacial score (nSPS) is 13.8. The molecular weight excluding hydrogens is 317 g/mol. The number of carbonyl (C=O) groups is 1. The van der Waals surface area contributed by atoms with Gasteiger partial charge in [-0.1, -0.05) is 24.3 Å². The molecule has 1 aliphatic heterocycles. The highest BCUT2D eigenvalue weighted by Crippen LogP contribution is 2.36. The quantitative estimate of drug-likeness (QED) is 0.687. The van der Waals surface area contributed by atoms with E-state index >= 15 is 0 Å². The number of hydrogen-bond acceptors (Lipinski definition) is 2. The number of aromatic amines is 1. The van der Waals surface area contributed by atoms with Gasteiger partial charge >= 0.3 is 0 Å². The Morgan fingerprint density at radius 2 is 2.00 bits per heavy atom. The lowest BCUT2D eigenvalue weighted by atomic mass is 9.97. The van der Waals surface area contributed by atoms with Gasteiger partial charge in [-0.25, -0.2) is 4.39 Å². The Morgan fingerprint density at radius 3 is 2.72 bits per heavy atom.